The van der Waals surface area contributed by atoms with Gasteiger partial charge in [0.25, 0.3) is 0 Å². The molecule has 110 valence electrons. The molecule has 21 heavy (non-hydrogen) atoms. The summed E-state index contributed by atoms with van der Waals surface area (Å²) in [5, 5.41) is 8.71. The van der Waals surface area contributed by atoms with Crippen molar-refractivity contribution in [3.05, 3.63) is 65.2 Å². The molecule has 0 aliphatic carbocycles. The number of carbonyl (C=O) groups is 1. The number of carboxylic acids is 1. The highest BCUT2D eigenvalue weighted by molar-refractivity contribution is 5.70. The first-order chi connectivity index (χ1) is 10.2. The topological polar surface area (TPSA) is 55.8 Å². The van der Waals surface area contributed by atoms with Crippen LogP contribution < -0.4 is 4.74 Å². The SMILES string of the molecule is COc1cccc(COCc2ccc(CC(=O)O)cc2)c1. The van der Waals surface area contributed by atoms with Crippen molar-refractivity contribution in [3.63, 3.8) is 0 Å². The lowest BCUT2D eigenvalue weighted by molar-refractivity contribution is -0.136. The number of hydrogen-bond acceptors (Lipinski definition) is 3. The molecule has 0 radical (unpaired) electrons. The number of rotatable bonds is 7. The molecule has 0 amide bonds. The van der Waals surface area contributed by atoms with Crippen molar-refractivity contribution in [3.8, 4) is 5.75 Å². The van der Waals surface area contributed by atoms with Gasteiger partial charge in [0.2, 0.25) is 0 Å². The minimum absolute atomic E-state index is 0.0466. The van der Waals surface area contributed by atoms with Crippen LogP contribution in [0.1, 0.15) is 16.7 Å². The molecule has 0 aromatic heterocycles. The van der Waals surface area contributed by atoms with Crippen LogP contribution in [0.15, 0.2) is 48.5 Å². The van der Waals surface area contributed by atoms with Gasteiger partial charge in [-0.15, -0.1) is 0 Å². The molecule has 2 aromatic carbocycles. The molecule has 0 bridgehead atoms. The van der Waals surface area contributed by atoms with E-state index in [1.807, 2.05) is 48.5 Å². The fraction of sp³-hybridized carbons (Fsp3) is 0.235. The minimum Gasteiger partial charge on any atom is -0.497 e. The van der Waals surface area contributed by atoms with E-state index in [1.54, 1.807) is 7.11 Å². The van der Waals surface area contributed by atoms with E-state index < -0.39 is 5.97 Å². The lowest BCUT2D eigenvalue weighted by atomic mass is 10.1. The second-order valence-corrected chi connectivity index (χ2v) is 4.73. The van der Waals surface area contributed by atoms with Crippen LogP contribution in [0.25, 0.3) is 0 Å². The summed E-state index contributed by atoms with van der Waals surface area (Å²) in [6.07, 6.45) is 0.0466. The van der Waals surface area contributed by atoms with Gasteiger partial charge in [0.15, 0.2) is 0 Å². The molecule has 4 heteroatoms. The van der Waals surface area contributed by atoms with E-state index in [-0.39, 0.29) is 6.42 Å². The molecule has 0 saturated carbocycles. The summed E-state index contributed by atoms with van der Waals surface area (Å²) in [4.78, 5) is 10.6. The number of methoxy groups -OCH3 is 1. The number of aliphatic carboxylic acids is 1. The third-order valence-electron chi connectivity index (χ3n) is 3.05. The average Bonchev–Trinajstić information content (AvgIpc) is 2.49. The Balaban J connectivity index is 1.84. The monoisotopic (exact) mass is 286 g/mol. The summed E-state index contributed by atoms with van der Waals surface area (Å²) in [6.45, 7) is 0.999. The molecule has 0 spiro atoms. The van der Waals surface area contributed by atoms with Crippen LogP contribution in [-0.2, 0) is 29.2 Å². The van der Waals surface area contributed by atoms with Crippen LogP contribution in [0, 0.1) is 0 Å². The van der Waals surface area contributed by atoms with E-state index in [0.717, 1.165) is 22.4 Å². The zero-order valence-corrected chi connectivity index (χ0v) is 11.9. The van der Waals surface area contributed by atoms with Gasteiger partial charge in [-0.1, -0.05) is 36.4 Å². The highest BCUT2D eigenvalue weighted by Gasteiger charge is 2.01. The lowest BCUT2D eigenvalue weighted by Crippen LogP contribution is -2.00. The molecule has 0 atom stereocenters. The maximum Gasteiger partial charge on any atom is 0.307 e. The Kier molecular flexibility index (Phi) is 5.35. The molecular formula is C17H18O4. The molecular weight excluding hydrogens is 268 g/mol. The second-order valence-electron chi connectivity index (χ2n) is 4.73. The molecule has 0 aliphatic rings. The van der Waals surface area contributed by atoms with Gasteiger partial charge in [0.1, 0.15) is 5.75 Å². The normalized spacial score (nSPS) is 10.3. The van der Waals surface area contributed by atoms with Gasteiger partial charge < -0.3 is 14.6 Å². The number of hydrogen-bond donors (Lipinski definition) is 1. The van der Waals surface area contributed by atoms with E-state index in [2.05, 4.69) is 0 Å². The van der Waals surface area contributed by atoms with Crippen LogP contribution in [-0.4, -0.2) is 18.2 Å². The fourth-order valence-corrected chi connectivity index (χ4v) is 1.98. The van der Waals surface area contributed by atoms with E-state index in [4.69, 9.17) is 14.6 Å². The summed E-state index contributed by atoms with van der Waals surface area (Å²) in [7, 11) is 1.64. The highest BCUT2D eigenvalue weighted by atomic mass is 16.5. The van der Waals surface area contributed by atoms with Crippen molar-refractivity contribution in [1.82, 2.24) is 0 Å². The van der Waals surface area contributed by atoms with Crippen molar-refractivity contribution in [2.45, 2.75) is 19.6 Å². The van der Waals surface area contributed by atoms with Crippen LogP contribution in [0.4, 0.5) is 0 Å². The van der Waals surface area contributed by atoms with Crippen molar-refractivity contribution < 1.29 is 19.4 Å². The number of benzene rings is 2. The Hall–Kier alpha value is -2.33. The van der Waals surface area contributed by atoms with E-state index >= 15 is 0 Å². The average molecular weight is 286 g/mol. The Morgan fingerprint density at radius 3 is 2.33 bits per heavy atom. The van der Waals surface area contributed by atoms with Crippen molar-refractivity contribution in [2.75, 3.05) is 7.11 Å². The van der Waals surface area contributed by atoms with Gasteiger partial charge in [0.05, 0.1) is 26.7 Å². The number of ether oxygens (including phenoxy) is 2. The quantitative estimate of drug-likeness (QED) is 0.850. The molecule has 1 N–H and O–H groups in total. The standard InChI is InChI=1S/C17H18O4/c1-20-16-4-2-3-15(9-16)12-21-11-14-7-5-13(6-8-14)10-17(18)19/h2-9H,10-12H2,1H3,(H,18,19). The molecule has 0 saturated heterocycles. The highest BCUT2D eigenvalue weighted by Crippen LogP contribution is 2.14. The minimum atomic E-state index is -0.822. The Morgan fingerprint density at radius 2 is 1.67 bits per heavy atom. The zero-order chi connectivity index (χ0) is 15.1. The van der Waals surface area contributed by atoms with Crippen LogP contribution in [0.5, 0.6) is 5.75 Å². The second kappa shape index (κ2) is 7.45. The molecule has 4 nitrogen and oxygen atoms in total. The molecule has 2 aromatic rings. The lowest BCUT2D eigenvalue weighted by Gasteiger charge is -2.07. The van der Waals surface area contributed by atoms with Crippen LogP contribution in [0.2, 0.25) is 0 Å². The van der Waals surface area contributed by atoms with Gasteiger partial charge in [-0.2, -0.15) is 0 Å². The van der Waals surface area contributed by atoms with E-state index in [9.17, 15) is 4.79 Å². The molecule has 0 unspecified atom stereocenters. The first-order valence-electron chi connectivity index (χ1n) is 6.67. The third kappa shape index (κ3) is 4.93. The Morgan fingerprint density at radius 1 is 1.00 bits per heavy atom. The van der Waals surface area contributed by atoms with Gasteiger partial charge in [-0.05, 0) is 28.8 Å². The van der Waals surface area contributed by atoms with Crippen molar-refractivity contribution in [2.24, 2.45) is 0 Å². The Bertz CT molecular complexity index is 590. The van der Waals surface area contributed by atoms with E-state index in [0.29, 0.717) is 13.2 Å². The van der Waals surface area contributed by atoms with Gasteiger partial charge in [-0.3, -0.25) is 4.79 Å². The molecule has 2 rings (SSSR count). The zero-order valence-electron chi connectivity index (χ0n) is 11.9. The molecule has 0 aliphatic heterocycles. The van der Waals surface area contributed by atoms with Crippen LogP contribution in [0.3, 0.4) is 0 Å². The summed E-state index contributed by atoms with van der Waals surface area (Å²) >= 11 is 0. The summed E-state index contributed by atoms with van der Waals surface area (Å²) in [6, 6.07) is 15.2. The van der Waals surface area contributed by atoms with Gasteiger partial charge in [0, 0.05) is 0 Å². The van der Waals surface area contributed by atoms with Crippen LogP contribution >= 0.6 is 0 Å². The predicted molar refractivity (Wildman–Crippen MR) is 79.3 cm³/mol. The van der Waals surface area contributed by atoms with E-state index in [1.165, 1.54) is 0 Å². The van der Waals surface area contributed by atoms with Crippen molar-refractivity contribution >= 4 is 5.97 Å². The molecule has 0 fully saturated rings. The summed E-state index contributed by atoms with van der Waals surface area (Å²) in [5.41, 5.74) is 2.86. The van der Waals surface area contributed by atoms with Crippen molar-refractivity contribution in [1.29, 1.82) is 0 Å². The van der Waals surface area contributed by atoms with Gasteiger partial charge in [-0.25, -0.2) is 0 Å². The predicted octanol–water partition coefficient (Wildman–Crippen LogP) is 3.04. The summed E-state index contributed by atoms with van der Waals surface area (Å²) in [5.74, 6) is -0.00820. The smallest absolute Gasteiger partial charge is 0.307 e. The fourth-order valence-electron chi connectivity index (χ4n) is 1.98. The largest absolute Gasteiger partial charge is 0.497 e. The molecule has 0 heterocycles. The maximum absolute atomic E-state index is 10.6. The Labute approximate surface area is 123 Å². The third-order valence-corrected chi connectivity index (χ3v) is 3.05. The van der Waals surface area contributed by atoms with Gasteiger partial charge >= 0.3 is 5.97 Å². The first kappa shape index (κ1) is 15.1. The maximum atomic E-state index is 10.6. The summed E-state index contributed by atoms with van der Waals surface area (Å²) < 4.78 is 10.8. The number of carboxylic acid groups (broad SMARTS) is 1. The first-order valence-corrected chi connectivity index (χ1v) is 6.67.